The van der Waals surface area contributed by atoms with Crippen LogP contribution >= 0.6 is 0 Å². The summed E-state index contributed by atoms with van der Waals surface area (Å²) < 4.78 is 6.85. The fraction of sp³-hybridized carbons (Fsp3) is 0.368. The second-order valence-corrected chi connectivity index (χ2v) is 6.89. The minimum absolute atomic E-state index is 0.261. The SMILES string of the molecule is CC(C)Cc1nc(CN(C)C(=O)Nc2cc(-c3ccccc3)nn2C)no1. The Hall–Kier alpha value is -3.16. The molecule has 8 heteroatoms. The maximum atomic E-state index is 12.5. The summed E-state index contributed by atoms with van der Waals surface area (Å²) in [7, 11) is 3.47. The fourth-order valence-corrected chi connectivity index (χ4v) is 2.61. The fourth-order valence-electron chi connectivity index (χ4n) is 2.61. The first-order valence-electron chi connectivity index (χ1n) is 8.85. The Bertz CT molecular complexity index is 900. The molecule has 0 fully saturated rings. The lowest BCUT2D eigenvalue weighted by atomic mass is 10.1. The molecule has 0 saturated heterocycles. The maximum absolute atomic E-state index is 12.5. The molecule has 0 saturated carbocycles. The number of amides is 2. The predicted octanol–water partition coefficient (Wildman–Crippen LogP) is 3.33. The van der Waals surface area contributed by atoms with Crippen LogP contribution in [0.15, 0.2) is 40.9 Å². The molecule has 3 rings (SSSR count). The van der Waals surface area contributed by atoms with E-state index in [1.807, 2.05) is 36.4 Å². The molecular weight excluding hydrogens is 344 g/mol. The van der Waals surface area contributed by atoms with Crippen molar-refractivity contribution in [1.29, 1.82) is 0 Å². The highest BCUT2D eigenvalue weighted by molar-refractivity contribution is 5.88. The van der Waals surface area contributed by atoms with E-state index >= 15 is 0 Å². The van der Waals surface area contributed by atoms with E-state index in [0.29, 0.717) is 23.5 Å². The van der Waals surface area contributed by atoms with Crippen molar-refractivity contribution in [2.24, 2.45) is 13.0 Å². The second kappa shape index (κ2) is 8.03. The standard InChI is InChI=1S/C19H24N6O2/c1-13(2)10-18-20-16(23-27-18)12-24(3)19(26)21-17-11-15(22-25(17)4)14-8-6-5-7-9-14/h5-9,11,13H,10,12H2,1-4H3,(H,21,26). The smallest absolute Gasteiger partial charge is 0.323 e. The van der Waals surface area contributed by atoms with Gasteiger partial charge in [-0.2, -0.15) is 10.1 Å². The number of rotatable bonds is 6. The third-order valence-corrected chi connectivity index (χ3v) is 4.00. The average molecular weight is 368 g/mol. The summed E-state index contributed by atoms with van der Waals surface area (Å²) in [5, 5.41) is 11.2. The van der Waals surface area contributed by atoms with Gasteiger partial charge in [-0.15, -0.1) is 0 Å². The molecule has 0 unspecified atom stereocenters. The van der Waals surface area contributed by atoms with Gasteiger partial charge >= 0.3 is 6.03 Å². The number of aromatic nitrogens is 4. The lowest BCUT2D eigenvalue weighted by Gasteiger charge is -2.15. The lowest BCUT2D eigenvalue weighted by molar-refractivity contribution is 0.218. The molecule has 1 aromatic carbocycles. The zero-order valence-corrected chi connectivity index (χ0v) is 16.0. The summed E-state index contributed by atoms with van der Waals surface area (Å²) in [6.45, 7) is 4.43. The van der Waals surface area contributed by atoms with Crippen molar-refractivity contribution in [3.63, 3.8) is 0 Å². The molecule has 0 aliphatic heterocycles. The molecule has 142 valence electrons. The van der Waals surface area contributed by atoms with Gasteiger partial charge in [0.15, 0.2) is 5.82 Å². The van der Waals surface area contributed by atoms with Gasteiger partial charge < -0.3 is 9.42 Å². The lowest BCUT2D eigenvalue weighted by Crippen LogP contribution is -2.31. The highest BCUT2D eigenvalue weighted by Crippen LogP contribution is 2.21. The predicted molar refractivity (Wildman–Crippen MR) is 102 cm³/mol. The third kappa shape index (κ3) is 4.72. The normalized spacial score (nSPS) is 11.0. The van der Waals surface area contributed by atoms with Crippen LogP contribution in [0.4, 0.5) is 10.6 Å². The van der Waals surface area contributed by atoms with Gasteiger partial charge in [0.1, 0.15) is 5.82 Å². The third-order valence-electron chi connectivity index (χ3n) is 4.00. The number of nitrogens with zero attached hydrogens (tertiary/aromatic N) is 5. The summed E-state index contributed by atoms with van der Waals surface area (Å²) in [6.07, 6.45) is 0.722. The van der Waals surface area contributed by atoms with Crippen LogP contribution < -0.4 is 5.32 Å². The van der Waals surface area contributed by atoms with Crippen molar-refractivity contribution >= 4 is 11.8 Å². The zero-order chi connectivity index (χ0) is 19.4. The number of benzene rings is 1. The summed E-state index contributed by atoms with van der Waals surface area (Å²) >= 11 is 0. The zero-order valence-electron chi connectivity index (χ0n) is 16.0. The largest absolute Gasteiger partial charge is 0.339 e. The van der Waals surface area contributed by atoms with E-state index in [9.17, 15) is 4.79 Å². The first-order valence-corrected chi connectivity index (χ1v) is 8.85. The molecule has 2 amide bonds. The monoisotopic (exact) mass is 368 g/mol. The van der Waals surface area contributed by atoms with Crippen LogP contribution in [0, 0.1) is 5.92 Å². The van der Waals surface area contributed by atoms with Crippen LogP contribution in [0.3, 0.4) is 0 Å². The Morgan fingerprint density at radius 1 is 1.30 bits per heavy atom. The van der Waals surface area contributed by atoms with E-state index in [-0.39, 0.29) is 12.6 Å². The van der Waals surface area contributed by atoms with Crippen molar-refractivity contribution in [2.45, 2.75) is 26.8 Å². The van der Waals surface area contributed by atoms with E-state index in [4.69, 9.17) is 4.52 Å². The molecule has 8 nitrogen and oxygen atoms in total. The van der Waals surface area contributed by atoms with E-state index in [0.717, 1.165) is 17.7 Å². The molecule has 27 heavy (non-hydrogen) atoms. The van der Waals surface area contributed by atoms with Crippen LogP contribution in [-0.4, -0.2) is 37.9 Å². The summed E-state index contributed by atoms with van der Waals surface area (Å²) in [5.41, 5.74) is 1.79. The van der Waals surface area contributed by atoms with E-state index in [2.05, 4.69) is 34.4 Å². The summed E-state index contributed by atoms with van der Waals surface area (Å²) in [6, 6.07) is 11.4. The number of hydrogen-bond donors (Lipinski definition) is 1. The van der Waals surface area contributed by atoms with E-state index in [1.165, 1.54) is 4.90 Å². The average Bonchev–Trinajstić information content (AvgIpc) is 3.22. The minimum atomic E-state index is -0.271. The van der Waals surface area contributed by atoms with Gasteiger partial charge in [-0.25, -0.2) is 4.79 Å². The quantitative estimate of drug-likeness (QED) is 0.721. The molecule has 2 aromatic heterocycles. The molecule has 0 aliphatic rings. The van der Waals surface area contributed by atoms with Crippen molar-refractivity contribution in [2.75, 3.05) is 12.4 Å². The molecule has 1 N–H and O–H groups in total. The van der Waals surface area contributed by atoms with Crippen molar-refractivity contribution < 1.29 is 9.32 Å². The highest BCUT2D eigenvalue weighted by atomic mass is 16.5. The Morgan fingerprint density at radius 3 is 2.74 bits per heavy atom. The number of hydrogen-bond acceptors (Lipinski definition) is 5. The van der Waals surface area contributed by atoms with Crippen molar-refractivity contribution in [3.8, 4) is 11.3 Å². The van der Waals surface area contributed by atoms with Crippen LogP contribution in [-0.2, 0) is 20.0 Å². The first-order chi connectivity index (χ1) is 12.9. The van der Waals surface area contributed by atoms with Crippen LogP contribution in [0.25, 0.3) is 11.3 Å². The molecule has 0 atom stereocenters. The Morgan fingerprint density at radius 2 is 2.04 bits per heavy atom. The van der Waals surface area contributed by atoms with E-state index in [1.54, 1.807) is 18.8 Å². The van der Waals surface area contributed by atoms with Gasteiger partial charge in [0.25, 0.3) is 0 Å². The molecular formula is C19H24N6O2. The van der Waals surface area contributed by atoms with Crippen molar-refractivity contribution in [3.05, 3.63) is 48.1 Å². The first kappa shape index (κ1) is 18.6. The van der Waals surface area contributed by atoms with Gasteiger partial charge in [-0.05, 0) is 5.92 Å². The summed E-state index contributed by atoms with van der Waals surface area (Å²) in [4.78, 5) is 18.3. The molecule has 0 bridgehead atoms. The van der Waals surface area contributed by atoms with Crippen LogP contribution in [0.2, 0.25) is 0 Å². The van der Waals surface area contributed by atoms with Crippen LogP contribution in [0.1, 0.15) is 25.6 Å². The minimum Gasteiger partial charge on any atom is -0.339 e. The van der Waals surface area contributed by atoms with Gasteiger partial charge in [0.2, 0.25) is 5.89 Å². The molecule has 2 heterocycles. The van der Waals surface area contributed by atoms with Crippen LogP contribution in [0.5, 0.6) is 0 Å². The number of nitrogens with one attached hydrogen (secondary N) is 1. The maximum Gasteiger partial charge on any atom is 0.323 e. The van der Waals surface area contributed by atoms with Gasteiger partial charge in [0, 0.05) is 32.1 Å². The van der Waals surface area contributed by atoms with Gasteiger partial charge in [0.05, 0.1) is 12.2 Å². The van der Waals surface area contributed by atoms with Gasteiger partial charge in [-0.1, -0.05) is 49.3 Å². The number of carbonyl (C=O) groups excluding carboxylic acids is 1. The van der Waals surface area contributed by atoms with Gasteiger partial charge in [-0.3, -0.25) is 10.00 Å². The Kier molecular flexibility index (Phi) is 5.54. The Balaban J connectivity index is 1.63. The second-order valence-electron chi connectivity index (χ2n) is 6.89. The van der Waals surface area contributed by atoms with E-state index < -0.39 is 0 Å². The molecule has 0 aliphatic carbocycles. The van der Waals surface area contributed by atoms with Crippen molar-refractivity contribution in [1.82, 2.24) is 24.8 Å². The number of urea groups is 1. The number of aryl methyl sites for hydroxylation is 1. The Labute approximate surface area is 158 Å². The topological polar surface area (TPSA) is 89.1 Å². The molecule has 0 spiro atoms. The molecule has 0 radical (unpaired) electrons. The summed E-state index contributed by atoms with van der Waals surface area (Å²) in [5.74, 6) is 2.12. The molecule has 3 aromatic rings. The highest BCUT2D eigenvalue weighted by Gasteiger charge is 2.16. The number of carbonyl (C=O) groups is 1. The number of anilines is 1.